The van der Waals surface area contributed by atoms with Crippen LogP contribution in [0.1, 0.15) is 30.1 Å². The molecule has 10 heteroatoms. The van der Waals surface area contributed by atoms with Crippen molar-refractivity contribution in [3.05, 3.63) is 29.6 Å². The Morgan fingerprint density at radius 1 is 1.14 bits per heavy atom. The van der Waals surface area contributed by atoms with Gasteiger partial charge in [-0.3, -0.25) is 4.79 Å². The number of sulfonamides is 1. The number of carbonyl (C=O) groups excluding carboxylic acids is 2. The molecule has 2 fully saturated rings. The van der Waals surface area contributed by atoms with E-state index in [1.54, 1.807) is 4.90 Å². The van der Waals surface area contributed by atoms with Crippen LogP contribution in [0, 0.1) is 5.82 Å². The molecule has 0 aromatic heterocycles. The van der Waals surface area contributed by atoms with Crippen LogP contribution in [0.3, 0.4) is 0 Å². The first-order chi connectivity index (χ1) is 13.3. The Labute approximate surface area is 163 Å². The van der Waals surface area contributed by atoms with Crippen LogP contribution in [0.5, 0.6) is 0 Å². The minimum absolute atomic E-state index is 0.109. The molecule has 1 aromatic rings. The third-order valence-electron chi connectivity index (χ3n) is 4.80. The number of hydrogen-bond donors (Lipinski definition) is 0. The number of amides is 1. The highest BCUT2D eigenvalue weighted by Crippen LogP contribution is 2.22. The zero-order valence-corrected chi connectivity index (χ0v) is 16.4. The highest BCUT2D eigenvalue weighted by atomic mass is 32.2. The van der Waals surface area contributed by atoms with Gasteiger partial charge in [0.25, 0.3) is 5.91 Å². The lowest BCUT2D eigenvalue weighted by Gasteiger charge is -2.26. The number of likely N-dealkylation sites (tertiary alicyclic amines) is 1. The smallest absolute Gasteiger partial charge is 0.338 e. The molecule has 0 bridgehead atoms. The zero-order valence-electron chi connectivity index (χ0n) is 15.6. The molecule has 1 atom stereocenters. The van der Waals surface area contributed by atoms with E-state index in [-0.39, 0.29) is 37.8 Å². The molecular formula is C18H23FN2O6S. The van der Waals surface area contributed by atoms with Crippen molar-refractivity contribution in [2.24, 2.45) is 0 Å². The van der Waals surface area contributed by atoms with Crippen molar-refractivity contribution in [1.29, 1.82) is 0 Å². The fourth-order valence-corrected chi connectivity index (χ4v) is 4.73. The van der Waals surface area contributed by atoms with Gasteiger partial charge in [-0.05, 0) is 38.0 Å². The maximum absolute atomic E-state index is 14.2. The van der Waals surface area contributed by atoms with Crippen LogP contribution in [0.15, 0.2) is 23.1 Å². The van der Waals surface area contributed by atoms with Crippen molar-refractivity contribution in [2.45, 2.75) is 30.8 Å². The Balaban J connectivity index is 1.76. The predicted octanol–water partition coefficient (Wildman–Crippen LogP) is 1.01. The fraction of sp³-hybridized carbons (Fsp3) is 0.556. The minimum atomic E-state index is -4.11. The topological polar surface area (TPSA) is 93.2 Å². The summed E-state index contributed by atoms with van der Waals surface area (Å²) < 4.78 is 51.1. The van der Waals surface area contributed by atoms with Crippen LogP contribution in [0.2, 0.25) is 0 Å². The first kappa shape index (κ1) is 20.7. The van der Waals surface area contributed by atoms with E-state index in [1.165, 1.54) is 6.92 Å². The number of nitrogens with zero attached hydrogens (tertiary/aromatic N) is 2. The van der Waals surface area contributed by atoms with E-state index in [2.05, 4.69) is 0 Å². The third kappa shape index (κ3) is 4.34. The van der Waals surface area contributed by atoms with Crippen molar-refractivity contribution in [3.8, 4) is 0 Å². The highest BCUT2D eigenvalue weighted by Gasteiger charge is 2.31. The molecule has 0 spiro atoms. The average Bonchev–Trinajstić information content (AvgIpc) is 3.23. The fourth-order valence-electron chi connectivity index (χ4n) is 3.23. The molecule has 3 rings (SSSR count). The van der Waals surface area contributed by atoms with Gasteiger partial charge >= 0.3 is 5.97 Å². The number of ether oxygens (including phenoxy) is 2. The molecule has 1 aromatic carbocycles. The number of esters is 1. The van der Waals surface area contributed by atoms with E-state index in [9.17, 15) is 22.4 Å². The van der Waals surface area contributed by atoms with Crippen LogP contribution in [-0.2, 0) is 24.3 Å². The van der Waals surface area contributed by atoms with Crippen molar-refractivity contribution >= 4 is 21.9 Å². The van der Waals surface area contributed by atoms with E-state index in [1.807, 2.05) is 0 Å². The molecule has 2 aliphatic heterocycles. The number of morpholine rings is 1. The maximum Gasteiger partial charge on any atom is 0.338 e. The maximum atomic E-state index is 14.2. The highest BCUT2D eigenvalue weighted by molar-refractivity contribution is 7.89. The summed E-state index contributed by atoms with van der Waals surface area (Å²) in [4.78, 5) is 25.7. The van der Waals surface area contributed by atoms with Crippen LogP contribution >= 0.6 is 0 Å². The second kappa shape index (κ2) is 8.54. The molecule has 0 aliphatic carbocycles. The van der Waals surface area contributed by atoms with Crippen LogP contribution in [0.25, 0.3) is 0 Å². The van der Waals surface area contributed by atoms with Gasteiger partial charge in [-0.15, -0.1) is 0 Å². The molecule has 8 nitrogen and oxygen atoms in total. The molecule has 0 unspecified atom stereocenters. The van der Waals surface area contributed by atoms with Gasteiger partial charge in [0.2, 0.25) is 10.0 Å². The molecule has 1 amide bonds. The van der Waals surface area contributed by atoms with Crippen molar-refractivity contribution in [3.63, 3.8) is 0 Å². The standard InChI is InChI=1S/C18H23FN2O6S/c1-13(17(22)20-6-2-3-7-20)27-18(23)14-4-5-15(19)16(12-14)28(24,25)21-8-10-26-11-9-21/h4-5,12-13H,2-3,6-11H2,1H3/t13-/m0/s1. The summed E-state index contributed by atoms with van der Waals surface area (Å²) in [6.45, 7) is 3.37. The molecule has 28 heavy (non-hydrogen) atoms. The van der Waals surface area contributed by atoms with Gasteiger partial charge in [-0.25, -0.2) is 17.6 Å². The number of carbonyl (C=O) groups is 2. The summed E-state index contributed by atoms with van der Waals surface area (Å²) in [5, 5.41) is 0. The van der Waals surface area contributed by atoms with Crippen LogP contribution < -0.4 is 0 Å². The summed E-state index contributed by atoms with van der Waals surface area (Å²) in [7, 11) is -4.11. The van der Waals surface area contributed by atoms with E-state index in [0.29, 0.717) is 13.1 Å². The lowest BCUT2D eigenvalue weighted by molar-refractivity contribution is -0.138. The lowest BCUT2D eigenvalue weighted by Crippen LogP contribution is -2.41. The summed E-state index contributed by atoms with van der Waals surface area (Å²) in [6, 6.07) is 3.01. The first-order valence-corrected chi connectivity index (χ1v) is 10.6. The lowest BCUT2D eigenvalue weighted by atomic mass is 10.2. The molecule has 154 valence electrons. The normalized spacial score (nSPS) is 19.4. The van der Waals surface area contributed by atoms with Gasteiger partial charge in [0.15, 0.2) is 6.10 Å². The number of hydrogen-bond acceptors (Lipinski definition) is 6. The molecule has 0 saturated carbocycles. The summed E-state index contributed by atoms with van der Waals surface area (Å²) in [5.74, 6) is -2.13. The number of rotatable bonds is 5. The Kier molecular flexibility index (Phi) is 6.31. The van der Waals surface area contributed by atoms with Crippen molar-refractivity contribution in [2.75, 3.05) is 39.4 Å². The molecule has 2 heterocycles. The summed E-state index contributed by atoms with van der Waals surface area (Å²) >= 11 is 0. The Morgan fingerprint density at radius 3 is 2.43 bits per heavy atom. The SMILES string of the molecule is C[C@H](OC(=O)c1ccc(F)c(S(=O)(=O)N2CCOCC2)c1)C(=O)N1CCCC1. The quantitative estimate of drug-likeness (QED) is 0.668. The minimum Gasteiger partial charge on any atom is -0.449 e. The summed E-state index contributed by atoms with van der Waals surface area (Å²) in [5.41, 5.74) is -0.130. The predicted molar refractivity (Wildman–Crippen MR) is 96.7 cm³/mol. The summed E-state index contributed by atoms with van der Waals surface area (Å²) in [6.07, 6.45) is 0.815. The van der Waals surface area contributed by atoms with Crippen molar-refractivity contribution < 1.29 is 31.9 Å². The van der Waals surface area contributed by atoms with Gasteiger partial charge in [0.1, 0.15) is 10.7 Å². The average molecular weight is 414 g/mol. The van der Waals surface area contributed by atoms with Gasteiger partial charge in [0, 0.05) is 26.2 Å². The van der Waals surface area contributed by atoms with Crippen LogP contribution in [-0.4, -0.2) is 75.0 Å². The number of halogens is 1. The van der Waals surface area contributed by atoms with Gasteiger partial charge in [0.05, 0.1) is 18.8 Å². The molecule has 2 aliphatic rings. The number of benzene rings is 1. The third-order valence-corrected chi connectivity index (χ3v) is 6.72. The first-order valence-electron chi connectivity index (χ1n) is 9.18. The second-order valence-electron chi connectivity index (χ2n) is 6.74. The molecule has 2 saturated heterocycles. The Morgan fingerprint density at radius 2 is 1.79 bits per heavy atom. The second-order valence-corrected chi connectivity index (χ2v) is 8.65. The zero-order chi connectivity index (χ0) is 20.3. The van der Waals surface area contributed by atoms with E-state index in [4.69, 9.17) is 9.47 Å². The van der Waals surface area contributed by atoms with Gasteiger partial charge in [-0.2, -0.15) is 4.31 Å². The molecule has 0 N–H and O–H groups in total. The Bertz CT molecular complexity index is 848. The van der Waals surface area contributed by atoms with E-state index < -0.39 is 32.8 Å². The van der Waals surface area contributed by atoms with E-state index in [0.717, 1.165) is 35.3 Å². The molecular weight excluding hydrogens is 391 g/mol. The monoisotopic (exact) mass is 414 g/mol. The Hall–Kier alpha value is -2.04. The van der Waals surface area contributed by atoms with Crippen molar-refractivity contribution in [1.82, 2.24) is 9.21 Å². The van der Waals surface area contributed by atoms with Gasteiger partial charge in [-0.1, -0.05) is 0 Å². The largest absolute Gasteiger partial charge is 0.449 e. The van der Waals surface area contributed by atoms with Crippen LogP contribution in [0.4, 0.5) is 4.39 Å². The van der Waals surface area contributed by atoms with E-state index >= 15 is 0 Å². The van der Waals surface area contributed by atoms with Gasteiger partial charge < -0.3 is 14.4 Å². The molecule has 0 radical (unpaired) electrons.